The fraction of sp³-hybridized carbons (Fsp3) is 0.222. The zero-order valence-electron chi connectivity index (χ0n) is 6.97. The molecule has 0 unspecified atom stereocenters. The molecule has 1 aromatic rings. The summed E-state index contributed by atoms with van der Waals surface area (Å²) in [5, 5.41) is 9.18. The number of rotatable bonds is 2. The van der Waals surface area contributed by atoms with Gasteiger partial charge in [0.1, 0.15) is 0 Å². The van der Waals surface area contributed by atoms with Crippen molar-refractivity contribution < 1.29 is 9.90 Å². The number of hydrogen-bond acceptors (Lipinski definition) is 1. The SMILES string of the molecule is Cc1c(CC(=O)O)ccc(Br)c1Cl. The summed E-state index contributed by atoms with van der Waals surface area (Å²) in [6.45, 7) is 1.81. The van der Waals surface area contributed by atoms with Crippen LogP contribution < -0.4 is 0 Å². The van der Waals surface area contributed by atoms with E-state index in [9.17, 15) is 4.79 Å². The Hall–Kier alpha value is -0.540. The van der Waals surface area contributed by atoms with Gasteiger partial charge in [0.2, 0.25) is 0 Å². The minimum Gasteiger partial charge on any atom is -0.481 e. The second-order valence-corrected chi connectivity index (χ2v) is 3.95. The average Bonchev–Trinajstić information content (AvgIpc) is 2.06. The predicted molar refractivity (Wildman–Crippen MR) is 55.2 cm³/mol. The van der Waals surface area contributed by atoms with Crippen LogP contribution in [0.25, 0.3) is 0 Å². The number of hydrogen-bond donors (Lipinski definition) is 1. The number of carbonyl (C=O) groups is 1. The Balaban J connectivity index is 3.10. The highest BCUT2D eigenvalue weighted by atomic mass is 79.9. The fourth-order valence-corrected chi connectivity index (χ4v) is 1.66. The van der Waals surface area contributed by atoms with E-state index < -0.39 is 5.97 Å². The minimum atomic E-state index is -0.846. The van der Waals surface area contributed by atoms with Crippen LogP contribution in [-0.2, 0) is 11.2 Å². The van der Waals surface area contributed by atoms with Gasteiger partial charge in [0.25, 0.3) is 0 Å². The molecule has 0 saturated heterocycles. The highest BCUT2D eigenvalue weighted by Gasteiger charge is 2.08. The summed E-state index contributed by atoms with van der Waals surface area (Å²) in [5.41, 5.74) is 1.57. The molecule has 0 atom stereocenters. The maximum atomic E-state index is 10.5. The van der Waals surface area contributed by atoms with Gasteiger partial charge in [-0.15, -0.1) is 0 Å². The van der Waals surface area contributed by atoms with Crippen molar-refractivity contribution in [1.82, 2.24) is 0 Å². The molecule has 13 heavy (non-hydrogen) atoms. The lowest BCUT2D eigenvalue weighted by Crippen LogP contribution is -2.02. The third kappa shape index (κ3) is 2.45. The molecular formula is C9H8BrClO2. The molecule has 0 bridgehead atoms. The van der Waals surface area contributed by atoms with Crippen molar-refractivity contribution >= 4 is 33.5 Å². The van der Waals surface area contributed by atoms with Gasteiger partial charge in [0.05, 0.1) is 11.4 Å². The van der Waals surface area contributed by atoms with Gasteiger partial charge in [-0.1, -0.05) is 17.7 Å². The maximum absolute atomic E-state index is 10.5. The van der Waals surface area contributed by atoms with Crippen LogP contribution in [-0.4, -0.2) is 11.1 Å². The number of carboxylic acid groups (broad SMARTS) is 1. The van der Waals surface area contributed by atoms with E-state index in [1.807, 2.05) is 6.92 Å². The molecule has 0 aliphatic rings. The normalized spacial score (nSPS) is 10.1. The molecular weight excluding hydrogens is 255 g/mol. The van der Waals surface area contributed by atoms with E-state index in [-0.39, 0.29) is 6.42 Å². The summed E-state index contributed by atoms with van der Waals surface area (Å²) in [6.07, 6.45) is 0.0127. The molecule has 0 spiro atoms. The van der Waals surface area contributed by atoms with E-state index in [1.165, 1.54) is 0 Å². The number of benzene rings is 1. The molecule has 0 aliphatic carbocycles. The van der Waals surface area contributed by atoms with Crippen molar-refractivity contribution in [2.24, 2.45) is 0 Å². The molecule has 0 fully saturated rings. The van der Waals surface area contributed by atoms with Gasteiger partial charge in [-0.05, 0) is 40.0 Å². The third-order valence-corrected chi connectivity index (χ3v) is 3.17. The minimum absolute atomic E-state index is 0.0127. The first-order chi connectivity index (χ1) is 6.02. The van der Waals surface area contributed by atoms with Crippen LogP contribution in [0.4, 0.5) is 0 Å². The topological polar surface area (TPSA) is 37.3 Å². The average molecular weight is 264 g/mol. The Kier molecular flexibility index (Phi) is 3.33. The van der Waals surface area contributed by atoms with Crippen molar-refractivity contribution in [2.45, 2.75) is 13.3 Å². The molecule has 1 rings (SSSR count). The van der Waals surface area contributed by atoms with E-state index >= 15 is 0 Å². The quantitative estimate of drug-likeness (QED) is 0.890. The lowest BCUT2D eigenvalue weighted by atomic mass is 10.1. The van der Waals surface area contributed by atoms with Gasteiger partial charge in [-0.2, -0.15) is 0 Å². The highest BCUT2D eigenvalue weighted by Crippen LogP contribution is 2.28. The molecule has 0 aromatic heterocycles. The molecule has 0 amide bonds. The Morgan fingerprint density at radius 1 is 1.62 bits per heavy atom. The van der Waals surface area contributed by atoms with Gasteiger partial charge in [0, 0.05) is 4.47 Å². The van der Waals surface area contributed by atoms with Gasteiger partial charge in [-0.25, -0.2) is 0 Å². The molecule has 1 aromatic carbocycles. The van der Waals surface area contributed by atoms with E-state index in [0.717, 1.165) is 15.6 Å². The number of aliphatic carboxylic acids is 1. The molecule has 0 heterocycles. The lowest BCUT2D eigenvalue weighted by molar-refractivity contribution is -0.136. The van der Waals surface area contributed by atoms with Crippen molar-refractivity contribution in [3.8, 4) is 0 Å². The summed E-state index contributed by atoms with van der Waals surface area (Å²) >= 11 is 9.19. The van der Waals surface area contributed by atoms with Crippen LogP contribution >= 0.6 is 27.5 Å². The highest BCUT2D eigenvalue weighted by molar-refractivity contribution is 9.10. The zero-order valence-corrected chi connectivity index (χ0v) is 9.32. The van der Waals surface area contributed by atoms with Crippen LogP contribution in [0.15, 0.2) is 16.6 Å². The summed E-state index contributed by atoms with van der Waals surface area (Å²) in [7, 11) is 0. The fourth-order valence-electron chi connectivity index (χ4n) is 1.05. The summed E-state index contributed by atoms with van der Waals surface area (Å²) in [6, 6.07) is 3.52. The van der Waals surface area contributed by atoms with Crippen molar-refractivity contribution in [1.29, 1.82) is 0 Å². The first-order valence-corrected chi connectivity index (χ1v) is 4.84. The molecule has 1 N–H and O–H groups in total. The van der Waals surface area contributed by atoms with Gasteiger partial charge >= 0.3 is 5.97 Å². The zero-order chi connectivity index (χ0) is 10.0. The Bertz CT molecular complexity index is 350. The van der Waals surface area contributed by atoms with E-state index in [1.54, 1.807) is 12.1 Å². The number of halogens is 2. The molecule has 70 valence electrons. The summed E-state index contributed by atoms with van der Waals surface area (Å²) < 4.78 is 0.792. The largest absolute Gasteiger partial charge is 0.481 e. The molecule has 0 radical (unpaired) electrons. The summed E-state index contributed by atoms with van der Waals surface area (Å²) in [5.74, 6) is -0.846. The standard InChI is InChI=1S/C9H8BrClO2/c1-5-6(4-8(12)13)2-3-7(10)9(5)11/h2-3H,4H2,1H3,(H,12,13). The first-order valence-electron chi connectivity index (χ1n) is 3.67. The van der Waals surface area contributed by atoms with Crippen molar-refractivity contribution in [3.63, 3.8) is 0 Å². The van der Waals surface area contributed by atoms with Crippen LogP contribution in [0.3, 0.4) is 0 Å². The lowest BCUT2D eigenvalue weighted by Gasteiger charge is -2.06. The summed E-state index contributed by atoms with van der Waals surface area (Å²) in [4.78, 5) is 10.5. The number of carboxylic acids is 1. The van der Waals surface area contributed by atoms with Crippen LogP contribution in [0.1, 0.15) is 11.1 Å². The monoisotopic (exact) mass is 262 g/mol. The van der Waals surface area contributed by atoms with Crippen LogP contribution in [0, 0.1) is 6.92 Å². The Morgan fingerprint density at radius 3 is 2.77 bits per heavy atom. The molecule has 0 saturated carbocycles. The van der Waals surface area contributed by atoms with Crippen molar-refractivity contribution in [2.75, 3.05) is 0 Å². The second-order valence-electron chi connectivity index (χ2n) is 2.72. The third-order valence-electron chi connectivity index (χ3n) is 1.79. The van der Waals surface area contributed by atoms with E-state index in [4.69, 9.17) is 16.7 Å². The smallest absolute Gasteiger partial charge is 0.307 e. The van der Waals surface area contributed by atoms with E-state index in [2.05, 4.69) is 15.9 Å². The Morgan fingerprint density at radius 2 is 2.23 bits per heavy atom. The van der Waals surface area contributed by atoms with Gasteiger partial charge in [-0.3, -0.25) is 4.79 Å². The second kappa shape index (κ2) is 4.11. The maximum Gasteiger partial charge on any atom is 0.307 e. The Labute approximate surface area is 89.7 Å². The first kappa shape index (κ1) is 10.5. The molecule has 0 aliphatic heterocycles. The predicted octanol–water partition coefficient (Wildman–Crippen LogP) is 3.04. The molecule has 2 nitrogen and oxygen atoms in total. The molecule has 4 heteroatoms. The van der Waals surface area contributed by atoms with Crippen LogP contribution in [0.2, 0.25) is 5.02 Å². The van der Waals surface area contributed by atoms with Gasteiger partial charge in [0.15, 0.2) is 0 Å². The van der Waals surface area contributed by atoms with Crippen molar-refractivity contribution in [3.05, 3.63) is 32.8 Å². The van der Waals surface area contributed by atoms with E-state index in [0.29, 0.717) is 5.02 Å². The van der Waals surface area contributed by atoms with Crippen LogP contribution in [0.5, 0.6) is 0 Å². The van der Waals surface area contributed by atoms with Gasteiger partial charge < -0.3 is 5.11 Å².